The second kappa shape index (κ2) is 15.8. The van der Waals surface area contributed by atoms with E-state index in [9.17, 15) is 0 Å². The fourth-order valence-electron chi connectivity index (χ4n) is 10.4. The highest BCUT2D eigenvalue weighted by atomic mass is 32.1. The summed E-state index contributed by atoms with van der Waals surface area (Å²) in [6, 6.07) is 84.3. The van der Waals surface area contributed by atoms with Crippen LogP contribution < -0.4 is 0 Å². The zero-order valence-electron chi connectivity index (χ0n) is 37.2. The van der Waals surface area contributed by atoms with E-state index in [2.05, 4.69) is 234 Å². The maximum Gasteiger partial charge on any atom is 0.164 e. The monoisotopic (exact) mass is 897 g/mol. The molecule has 0 fully saturated rings. The number of rotatable bonds is 7. The molecule has 0 bridgehead atoms. The number of thiophene rings is 1. The van der Waals surface area contributed by atoms with Crippen LogP contribution >= 0.6 is 11.3 Å². The van der Waals surface area contributed by atoms with Crippen LogP contribution in [0.5, 0.6) is 0 Å². The van der Waals surface area contributed by atoms with Gasteiger partial charge in [-0.3, -0.25) is 0 Å². The van der Waals surface area contributed by atoms with Crippen LogP contribution in [0.2, 0.25) is 0 Å². The van der Waals surface area contributed by atoms with E-state index < -0.39 is 0 Å². The fraction of sp³-hybridized carbons (Fsp3) is 0. The molecule has 0 saturated carbocycles. The lowest BCUT2D eigenvalue weighted by molar-refractivity contribution is 1.08. The lowest BCUT2D eigenvalue weighted by Crippen LogP contribution is -2.00. The summed E-state index contributed by atoms with van der Waals surface area (Å²) in [5, 5.41) is 7.19. The third-order valence-corrected chi connectivity index (χ3v) is 14.8. The number of fused-ring (bicyclic) bond motifs is 10. The molecular formula is C63H39N5S. The first-order chi connectivity index (χ1) is 34.2. The van der Waals surface area contributed by atoms with Gasteiger partial charge in [-0.05, 0) is 58.7 Å². The van der Waals surface area contributed by atoms with Crippen LogP contribution in [0.3, 0.4) is 0 Å². The van der Waals surface area contributed by atoms with Crippen molar-refractivity contribution in [2.45, 2.75) is 0 Å². The molecule has 69 heavy (non-hydrogen) atoms. The van der Waals surface area contributed by atoms with E-state index in [0.717, 1.165) is 44.6 Å². The van der Waals surface area contributed by atoms with E-state index in [0.29, 0.717) is 17.5 Å². The van der Waals surface area contributed by atoms with Crippen LogP contribution in [0, 0.1) is 0 Å². The van der Waals surface area contributed by atoms with Crippen LogP contribution in [0.25, 0.3) is 132 Å². The highest BCUT2D eigenvalue weighted by Crippen LogP contribution is 2.47. The van der Waals surface area contributed by atoms with E-state index in [-0.39, 0.29) is 0 Å². The molecule has 6 heteroatoms. The maximum atomic E-state index is 5.33. The quantitative estimate of drug-likeness (QED) is 0.160. The van der Waals surface area contributed by atoms with Crippen molar-refractivity contribution in [1.82, 2.24) is 24.1 Å². The highest BCUT2D eigenvalue weighted by Gasteiger charge is 2.24. The minimum absolute atomic E-state index is 0.627. The Balaban J connectivity index is 1.00. The van der Waals surface area contributed by atoms with Crippen molar-refractivity contribution in [2.24, 2.45) is 0 Å². The van der Waals surface area contributed by atoms with E-state index in [1.165, 1.54) is 69.5 Å². The Labute approximate surface area is 401 Å². The summed E-state index contributed by atoms with van der Waals surface area (Å²) in [7, 11) is 0. The second-order valence-electron chi connectivity index (χ2n) is 17.5. The lowest BCUT2D eigenvalue weighted by atomic mass is 10.0. The molecule has 0 aliphatic heterocycles. The highest BCUT2D eigenvalue weighted by molar-refractivity contribution is 7.26. The molecule has 0 unspecified atom stereocenters. The number of nitrogens with zero attached hydrogens (tertiary/aromatic N) is 5. The van der Waals surface area contributed by atoms with Crippen LogP contribution in [0.1, 0.15) is 0 Å². The number of hydrogen-bond donors (Lipinski definition) is 0. The van der Waals surface area contributed by atoms with Gasteiger partial charge in [0, 0.05) is 59.4 Å². The van der Waals surface area contributed by atoms with Gasteiger partial charge >= 0.3 is 0 Å². The Kier molecular flexibility index (Phi) is 9.00. The molecule has 322 valence electrons. The zero-order valence-corrected chi connectivity index (χ0v) is 38.0. The van der Waals surface area contributed by atoms with Gasteiger partial charge in [-0.2, -0.15) is 0 Å². The standard InChI is InChI=1S/C63H39N5S/c1-4-16-40(17-5-1)42-30-34-44(35-31-42)61-64-62(45-36-32-43(33-37-45)41-18-6-2-7-19-41)66-63(65-61)52-25-15-29-56-57(52)51-39-38-50-49-24-14-28-55(58(49)67(59(50)60(51)69-56)46-20-8-3-9-21-46)68-53-26-12-10-22-47(53)48-23-11-13-27-54(48)68/h1-39H. The molecular weight excluding hydrogens is 859 g/mol. The van der Waals surface area contributed by atoms with Crippen LogP contribution in [-0.2, 0) is 0 Å². The van der Waals surface area contributed by atoms with Crippen LogP contribution in [-0.4, -0.2) is 24.1 Å². The topological polar surface area (TPSA) is 48.5 Å². The molecule has 0 aliphatic rings. The van der Waals surface area contributed by atoms with E-state index >= 15 is 0 Å². The van der Waals surface area contributed by atoms with Crippen molar-refractivity contribution in [3.05, 3.63) is 237 Å². The summed E-state index contributed by atoms with van der Waals surface area (Å²) < 4.78 is 7.33. The molecule has 4 aromatic heterocycles. The van der Waals surface area contributed by atoms with Crippen molar-refractivity contribution in [2.75, 3.05) is 0 Å². The first kappa shape index (κ1) is 39.2. The summed E-state index contributed by atoms with van der Waals surface area (Å²) >= 11 is 1.83. The number of hydrogen-bond acceptors (Lipinski definition) is 4. The Hall–Kier alpha value is -8.97. The van der Waals surface area contributed by atoms with Gasteiger partial charge in [0.2, 0.25) is 0 Å². The first-order valence-corrected chi connectivity index (χ1v) is 24.1. The Morgan fingerprint density at radius 2 is 0.768 bits per heavy atom. The molecule has 0 atom stereocenters. The second-order valence-corrected chi connectivity index (χ2v) is 18.6. The van der Waals surface area contributed by atoms with Gasteiger partial charge in [0.25, 0.3) is 0 Å². The summed E-state index contributed by atoms with van der Waals surface area (Å²) in [6.45, 7) is 0. The third-order valence-electron chi connectivity index (χ3n) is 13.6. The molecule has 14 rings (SSSR count). The summed E-state index contributed by atoms with van der Waals surface area (Å²) in [5.74, 6) is 1.89. The van der Waals surface area contributed by atoms with Gasteiger partial charge in [0.05, 0.1) is 32.5 Å². The van der Waals surface area contributed by atoms with E-state index in [4.69, 9.17) is 15.0 Å². The van der Waals surface area contributed by atoms with Crippen molar-refractivity contribution < 1.29 is 0 Å². The third kappa shape index (κ3) is 6.34. The van der Waals surface area contributed by atoms with E-state index in [1.54, 1.807) is 0 Å². The van der Waals surface area contributed by atoms with Crippen LogP contribution in [0.15, 0.2) is 237 Å². The van der Waals surface area contributed by atoms with Gasteiger partial charge < -0.3 is 9.13 Å². The Bertz CT molecular complexity index is 4110. The predicted octanol–water partition coefficient (Wildman–Crippen LogP) is 16.8. The molecule has 0 radical (unpaired) electrons. The SMILES string of the molecule is c1ccc(-c2ccc(-c3nc(-c4ccc(-c5ccccc5)cc4)nc(-c4cccc5sc6c(ccc7c8cccc(-n9c%10ccccc%10c%10ccccc%109)c8n(-c8ccccc8)c76)c45)n3)cc2)cc1. The first-order valence-electron chi connectivity index (χ1n) is 23.3. The van der Waals surface area contributed by atoms with Gasteiger partial charge in [0.15, 0.2) is 17.5 Å². The number of para-hydroxylation sites is 4. The average Bonchev–Trinajstić information content (AvgIpc) is 4.10. The predicted molar refractivity (Wildman–Crippen MR) is 289 cm³/mol. The normalized spacial score (nSPS) is 11.8. The Morgan fingerprint density at radius 1 is 0.304 bits per heavy atom. The fourth-order valence-corrected chi connectivity index (χ4v) is 11.7. The molecule has 10 aromatic carbocycles. The summed E-state index contributed by atoms with van der Waals surface area (Å²) in [5.41, 5.74) is 14.4. The molecule has 0 N–H and O–H groups in total. The van der Waals surface area contributed by atoms with Crippen molar-refractivity contribution in [1.29, 1.82) is 0 Å². The molecule has 0 amide bonds. The molecule has 5 nitrogen and oxygen atoms in total. The smallest absolute Gasteiger partial charge is 0.164 e. The molecule has 0 spiro atoms. The average molecular weight is 898 g/mol. The lowest BCUT2D eigenvalue weighted by Gasteiger charge is -2.14. The van der Waals surface area contributed by atoms with Crippen molar-refractivity contribution in [3.63, 3.8) is 0 Å². The van der Waals surface area contributed by atoms with Gasteiger partial charge in [-0.1, -0.05) is 200 Å². The van der Waals surface area contributed by atoms with Gasteiger partial charge in [-0.25, -0.2) is 15.0 Å². The largest absolute Gasteiger partial charge is 0.307 e. The summed E-state index contributed by atoms with van der Waals surface area (Å²) in [6.07, 6.45) is 0. The van der Waals surface area contributed by atoms with Gasteiger partial charge in [-0.15, -0.1) is 11.3 Å². The number of aromatic nitrogens is 5. The minimum Gasteiger partial charge on any atom is -0.307 e. The van der Waals surface area contributed by atoms with Crippen molar-refractivity contribution >= 4 is 75.1 Å². The Morgan fingerprint density at radius 3 is 1.38 bits per heavy atom. The summed E-state index contributed by atoms with van der Waals surface area (Å²) in [4.78, 5) is 15.8. The minimum atomic E-state index is 0.627. The van der Waals surface area contributed by atoms with Crippen molar-refractivity contribution in [3.8, 4) is 67.8 Å². The number of benzene rings is 10. The molecule has 4 heterocycles. The molecule has 0 aliphatic carbocycles. The van der Waals surface area contributed by atoms with Crippen LogP contribution in [0.4, 0.5) is 0 Å². The molecule has 14 aromatic rings. The molecule has 0 saturated heterocycles. The van der Waals surface area contributed by atoms with E-state index in [1.807, 2.05) is 23.5 Å². The van der Waals surface area contributed by atoms with Gasteiger partial charge in [0.1, 0.15) is 0 Å². The zero-order chi connectivity index (χ0) is 45.4. The maximum absolute atomic E-state index is 5.33.